The monoisotopic (exact) mass is 278 g/mol. The Bertz CT molecular complexity index is 427. The maximum absolute atomic E-state index is 11.1. The lowest BCUT2D eigenvalue weighted by Gasteiger charge is -2.33. The first-order valence-electron chi connectivity index (χ1n) is 6.82. The average Bonchev–Trinajstić information content (AvgIpc) is 2.50. The van der Waals surface area contributed by atoms with Crippen molar-refractivity contribution in [1.29, 1.82) is 0 Å². The number of anilines is 1. The van der Waals surface area contributed by atoms with E-state index in [1.807, 2.05) is 7.05 Å². The summed E-state index contributed by atoms with van der Waals surface area (Å²) in [6.07, 6.45) is 0. The Kier molecular flexibility index (Phi) is 5.34. The lowest BCUT2D eigenvalue weighted by atomic mass is 10.2. The molecular formula is C14H22N4O2. The van der Waals surface area contributed by atoms with Gasteiger partial charge in [0.2, 0.25) is 0 Å². The third kappa shape index (κ3) is 4.19. The zero-order valence-electron chi connectivity index (χ0n) is 11.8. The third-order valence-electron chi connectivity index (χ3n) is 3.60. The van der Waals surface area contributed by atoms with Gasteiger partial charge in [-0.05, 0) is 17.7 Å². The van der Waals surface area contributed by atoms with Crippen LogP contribution >= 0.6 is 0 Å². The van der Waals surface area contributed by atoms with Gasteiger partial charge < -0.3 is 10.2 Å². The molecule has 1 saturated heterocycles. The van der Waals surface area contributed by atoms with Gasteiger partial charge in [0.15, 0.2) is 0 Å². The van der Waals surface area contributed by atoms with Crippen LogP contribution < -0.4 is 11.2 Å². The van der Waals surface area contributed by atoms with Crippen molar-refractivity contribution in [2.24, 2.45) is 5.90 Å². The minimum absolute atomic E-state index is 0.279. The van der Waals surface area contributed by atoms with Crippen molar-refractivity contribution in [1.82, 2.24) is 9.80 Å². The van der Waals surface area contributed by atoms with Crippen molar-refractivity contribution in [3.63, 3.8) is 0 Å². The lowest BCUT2D eigenvalue weighted by Crippen LogP contribution is -2.47. The summed E-state index contributed by atoms with van der Waals surface area (Å²) in [4.78, 5) is 19.8. The van der Waals surface area contributed by atoms with Crippen molar-refractivity contribution in [2.45, 2.75) is 6.54 Å². The maximum Gasteiger partial charge on any atom is 0.338 e. The Morgan fingerprint density at radius 3 is 2.35 bits per heavy atom. The molecule has 0 unspecified atom stereocenters. The molecular weight excluding hydrogens is 256 g/mol. The highest BCUT2D eigenvalue weighted by Gasteiger charge is 2.19. The van der Waals surface area contributed by atoms with Crippen molar-refractivity contribution >= 4 is 11.7 Å². The summed E-state index contributed by atoms with van der Waals surface area (Å²) in [6.45, 7) is 4.85. The number of rotatable bonds is 5. The van der Waals surface area contributed by atoms with Crippen LogP contribution in [0.25, 0.3) is 0 Å². The minimum Gasteiger partial charge on any atom is -0.388 e. The number of piperazine rings is 1. The number of nitrogens with two attached hydrogens (primary N) is 1. The standard InChI is InChI=1S/C14H22N4O2/c1-16-13-4-2-12(3-5-13)10-17-6-8-18(9-7-17)11-14(19)20-15/h2-5,16H,6-11,15H2,1H3. The lowest BCUT2D eigenvalue weighted by molar-refractivity contribution is -0.145. The molecule has 2 rings (SSSR count). The molecule has 1 heterocycles. The summed E-state index contributed by atoms with van der Waals surface area (Å²) in [5.41, 5.74) is 2.43. The predicted molar refractivity (Wildman–Crippen MR) is 78.0 cm³/mol. The van der Waals surface area contributed by atoms with Gasteiger partial charge in [-0.3, -0.25) is 9.80 Å². The smallest absolute Gasteiger partial charge is 0.338 e. The van der Waals surface area contributed by atoms with Crippen molar-refractivity contribution in [3.05, 3.63) is 29.8 Å². The molecule has 3 N–H and O–H groups in total. The van der Waals surface area contributed by atoms with Crippen LogP contribution in [-0.4, -0.2) is 55.5 Å². The molecule has 0 radical (unpaired) electrons. The van der Waals surface area contributed by atoms with E-state index in [0.29, 0.717) is 0 Å². The number of benzene rings is 1. The van der Waals surface area contributed by atoms with Crippen LogP contribution in [0.5, 0.6) is 0 Å². The molecule has 0 saturated carbocycles. The fourth-order valence-electron chi connectivity index (χ4n) is 2.36. The van der Waals surface area contributed by atoms with E-state index in [4.69, 9.17) is 5.90 Å². The molecule has 1 aromatic rings. The summed E-state index contributed by atoms with van der Waals surface area (Å²) in [7, 11) is 1.92. The second-order valence-electron chi connectivity index (χ2n) is 4.99. The summed E-state index contributed by atoms with van der Waals surface area (Å²) < 4.78 is 0. The van der Waals surface area contributed by atoms with E-state index in [0.717, 1.165) is 38.4 Å². The van der Waals surface area contributed by atoms with Gasteiger partial charge in [-0.15, -0.1) is 0 Å². The largest absolute Gasteiger partial charge is 0.388 e. The first-order valence-corrected chi connectivity index (χ1v) is 6.82. The Morgan fingerprint density at radius 2 is 1.80 bits per heavy atom. The fourth-order valence-corrected chi connectivity index (χ4v) is 2.36. The van der Waals surface area contributed by atoms with Crippen molar-refractivity contribution in [3.8, 4) is 0 Å². The van der Waals surface area contributed by atoms with E-state index in [-0.39, 0.29) is 12.5 Å². The number of hydrogen-bond acceptors (Lipinski definition) is 6. The number of hydrogen-bond donors (Lipinski definition) is 2. The van der Waals surface area contributed by atoms with E-state index in [1.54, 1.807) is 0 Å². The van der Waals surface area contributed by atoms with Crippen LogP contribution in [0.2, 0.25) is 0 Å². The van der Waals surface area contributed by atoms with Crippen LogP contribution in [-0.2, 0) is 16.2 Å². The molecule has 1 fully saturated rings. The molecule has 1 aliphatic heterocycles. The average molecular weight is 278 g/mol. The maximum atomic E-state index is 11.1. The summed E-state index contributed by atoms with van der Waals surface area (Å²) in [6, 6.07) is 8.46. The molecule has 0 spiro atoms. The summed E-state index contributed by atoms with van der Waals surface area (Å²) in [5.74, 6) is 4.48. The van der Waals surface area contributed by atoms with Crippen molar-refractivity contribution < 1.29 is 9.63 Å². The first kappa shape index (κ1) is 14.8. The highest BCUT2D eigenvalue weighted by Crippen LogP contribution is 2.12. The van der Waals surface area contributed by atoms with E-state index in [1.165, 1.54) is 5.56 Å². The van der Waals surface area contributed by atoms with Gasteiger partial charge >= 0.3 is 5.97 Å². The number of carbonyl (C=O) groups is 1. The molecule has 1 aromatic carbocycles. The highest BCUT2D eigenvalue weighted by atomic mass is 16.7. The van der Waals surface area contributed by atoms with Crippen LogP contribution in [0.1, 0.15) is 5.56 Å². The molecule has 6 heteroatoms. The van der Waals surface area contributed by atoms with Crippen LogP contribution in [0.3, 0.4) is 0 Å². The fraction of sp³-hybridized carbons (Fsp3) is 0.500. The predicted octanol–water partition coefficient (Wildman–Crippen LogP) is 0.263. The van der Waals surface area contributed by atoms with Crippen LogP contribution in [0.4, 0.5) is 5.69 Å². The zero-order chi connectivity index (χ0) is 14.4. The number of nitrogens with one attached hydrogen (secondary N) is 1. The highest BCUT2D eigenvalue weighted by molar-refractivity contribution is 5.71. The van der Waals surface area contributed by atoms with E-state index < -0.39 is 0 Å². The third-order valence-corrected chi connectivity index (χ3v) is 3.60. The van der Waals surface area contributed by atoms with Crippen LogP contribution in [0, 0.1) is 0 Å². The molecule has 1 aliphatic rings. The van der Waals surface area contributed by atoms with Gasteiger partial charge in [0.1, 0.15) is 0 Å². The second kappa shape index (κ2) is 7.23. The van der Waals surface area contributed by atoms with Gasteiger partial charge in [0.05, 0.1) is 6.54 Å². The molecule has 0 atom stereocenters. The van der Waals surface area contributed by atoms with E-state index in [2.05, 4.69) is 44.2 Å². The summed E-state index contributed by atoms with van der Waals surface area (Å²) in [5, 5.41) is 3.11. The van der Waals surface area contributed by atoms with Crippen LogP contribution in [0.15, 0.2) is 24.3 Å². The van der Waals surface area contributed by atoms with Crippen molar-refractivity contribution in [2.75, 3.05) is 45.1 Å². The minimum atomic E-state index is -0.374. The topological polar surface area (TPSA) is 70.8 Å². The van der Waals surface area contributed by atoms with E-state index in [9.17, 15) is 4.79 Å². The molecule has 0 aliphatic carbocycles. The van der Waals surface area contributed by atoms with E-state index >= 15 is 0 Å². The quantitative estimate of drug-likeness (QED) is 0.753. The number of nitrogens with zero attached hydrogens (tertiary/aromatic N) is 2. The molecule has 0 amide bonds. The Labute approximate surface area is 119 Å². The van der Waals surface area contributed by atoms with Gasteiger partial charge in [-0.1, -0.05) is 12.1 Å². The Balaban J connectivity index is 1.77. The van der Waals surface area contributed by atoms with Gasteiger partial charge in [0, 0.05) is 45.5 Å². The molecule has 110 valence electrons. The normalized spacial score (nSPS) is 16.9. The Morgan fingerprint density at radius 1 is 1.20 bits per heavy atom. The first-order chi connectivity index (χ1) is 9.71. The summed E-state index contributed by atoms with van der Waals surface area (Å²) >= 11 is 0. The number of carbonyl (C=O) groups excluding carboxylic acids is 1. The van der Waals surface area contributed by atoms with Gasteiger partial charge in [-0.25, -0.2) is 4.79 Å². The van der Waals surface area contributed by atoms with Gasteiger partial charge in [-0.2, -0.15) is 5.90 Å². The molecule has 0 bridgehead atoms. The molecule has 20 heavy (non-hydrogen) atoms. The van der Waals surface area contributed by atoms with Gasteiger partial charge in [0.25, 0.3) is 0 Å². The second-order valence-corrected chi connectivity index (χ2v) is 4.99. The molecule has 6 nitrogen and oxygen atoms in total. The SMILES string of the molecule is CNc1ccc(CN2CCN(CC(=O)ON)CC2)cc1. The zero-order valence-corrected chi connectivity index (χ0v) is 11.8. The Hall–Kier alpha value is -1.63. The molecule has 0 aromatic heterocycles.